The molecule has 0 N–H and O–H groups in total. The molecule has 2 nitrogen and oxygen atoms in total. The minimum atomic E-state index is 0.113. The number of aromatic nitrogens is 2. The van der Waals surface area contributed by atoms with Gasteiger partial charge >= 0.3 is 0 Å². The van der Waals surface area contributed by atoms with E-state index in [2.05, 4.69) is 191 Å². The molecule has 4 saturated carbocycles. The Balaban J connectivity index is 1.02. The zero-order chi connectivity index (χ0) is 39.1. The van der Waals surface area contributed by atoms with Crippen LogP contribution < -0.4 is 0 Å². The summed E-state index contributed by atoms with van der Waals surface area (Å²) >= 11 is 0. The largest absolute Gasteiger partial charge is 0.309 e. The van der Waals surface area contributed by atoms with E-state index in [9.17, 15) is 0 Å². The van der Waals surface area contributed by atoms with Gasteiger partial charge < -0.3 is 9.13 Å². The number of fused-ring (bicyclic) bond motifs is 9. The van der Waals surface area contributed by atoms with E-state index in [1.54, 1.807) is 11.1 Å². The van der Waals surface area contributed by atoms with E-state index in [1.807, 2.05) is 0 Å². The predicted molar refractivity (Wildman–Crippen MR) is 249 cm³/mol. The van der Waals surface area contributed by atoms with Crippen LogP contribution in [0.25, 0.3) is 88.4 Å². The van der Waals surface area contributed by atoms with Crippen molar-refractivity contribution in [1.82, 2.24) is 9.13 Å². The van der Waals surface area contributed by atoms with Gasteiger partial charge in [-0.3, -0.25) is 0 Å². The van der Waals surface area contributed by atoms with Crippen molar-refractivity contribution in [3.63, 3.8) is 0 Å². The first-order chi connectivity index (χ1) is 29.7. The molecule has 4 fully saturated rings. The van der Waals surface area contributed by atoms with Gasteiger partial charge in [0.25, 0.3) is 0 Å². The molecule has 5 aliphatic rings. The summed E-state index contributed by atoms with van der Waals surface area (Å²) in [5.41, 5.74) is 18.7. The maximum Gasteiger partial charge on any atom is 0.0619 e. The highest BCUT2D eigenvalue weighted by Crippen LogP contribution is 2.69. The van der Waals surface area contributed by atoms with Crippen molar-refractivity contribution in [2.45, 2.75) is 37.5 Å². The molecule has 15 rings (SSSR count). The number of hydrogen-bond acceptors (Lipinski definition) is 0. The fraction of sp³-hybridized carbons (Fsp3) is 0.172. The number of rotatable bonds is 4. The molecule has 0 atom stereocenters. The zero-order valence-electron chi connectivity index (χ0n) is 33.6. The van der Waals surface area contributed by atoms with E-state index in [-0.39, 0.29) is 5.41 Å². The molecule has 286 valence electrons. The molecule has 2 heterocycles. The van der Waals surface area contributed by atoms with Gasteiger partial charge in [-0.15, -0.1) is 0 Å². The molecule has 0 aliphatic heterocycles. The summed E-state index contributed by atoms with van der Waals surface area (Å²) in [5, 5.41) is 5.16. The molecular formula is C58H44N2. The summed E-state index contributed by atoms with van der Waals surface area (Å²) in [6, 6.07) is 68.8. The normalized spacial score (nSPS) is 22.4. The number of benzene rings is 8. The van der Waals surface area contributed by atoms with Gasteiger partial charge in [-0.25, -0.2) is 0 Å². The van der Waals surface area contributed by atoms with Gasteiger partial charge in [0, 0.05) is 43.9 Å². The van der Waals surface area contributed by atoms with Crippen LogP contribution in [0.3, 0.4) is 0 Å². The summed E-state index contributed by atoms with van der Waals surface area (Å²) in [5.74, 6) is 3.28. The number of para-hydroxylation sites is 3. The first-order valence-electron chi connectivity index (χ1n) is 22.2. The second kappa shape index (κ2) is 12.2. The van der Waals surface area contributed by atoms with Gasteiger partial charge in [0.1, 0.15) is 0 Å². The topological polar surface area (TPSA) is 9.86 Å². The maximum absolute atomic E-state index is 2.66. The molecule has 60 heavy (non-hydrogen) atoms. The minimum absolute atomic E-state index is 0.113. The van der Waals surface area contributed by atoms with Gasteiger partial charge in [0.15, 0.2) is 0 Å². The fourth-order valence-electron chi connectivity index (χ4n) is 13.8. The van der Waals surface area contributed by atoms with Crippen molar-refractivity contribution in [3.05, 3.63) is 193 Å². The highest BCUT2D eigenvalue weighted by atomic mass is 15.0. The molecule has 0 amide bonds. The van der Waals surface area contributed by atoms with Crippen LogP contribution in [0, 0.1) is 23.7 Å². The van der Waals surface area contributed by atoms with Crippen molar-refractivity contribution < 1.29 is 0 Å². The average molecular weight is 769 g/mol. The van der Waals surface area contributed by atoms with Crippen molar-refractivity contribution in [2.75, 3.05) is 0 Å². The summed E-state index contributed by atoms with van der Waals surface area (Å²) < 4.78 is 5.09. The van der Waals surface area contributed by atoms with Crippen LogP contribution in [0.1, 0.15) is 43.2 Å². The van der Waals surface area contributed by atoms with Crippen molar-refractivity contribution in [2.24, 2.45) is 23.7 Å². The predicted octanol–water partition coefficient (Wildman–Crippen LogP) is 14.9. The Morgan fingerprint density at radius 3 is 1.78 bits per heavy atom. The minimum Gasteiger partial charge on any atom is -0.309 e. The molecule has 10 aromatic rings. The van der Waals surface area contributed by atoms with Crippen LogP contribution in [-0.2, 0) is 5.41 Å². The van der Waals surface area contributed by atoms with E-state index in [1.165, 1.54) is 120 Å². The third-order valence-corrected chi connectivity index (χ3v) is 15.7. The molecule has 8 aromatic carbocycles. The second-order valence-electron chi connectivity index (χ2n) is 18.5. The Bertz CT molecular complexity index is 3370. The lowest BCUT2D eigenvalue weighted by molar-refractivity contribution is -0.0399. The van der Waals surface area contributed by atoms with Crippen LogP contribution in [0.5, 0.6) is 0 Å². The second-order valence-corrected chi connectivity index (χ2v) is 18.5. The molecule has 0 unspecified atom stereocenters. The molecule has 5 aliphatic carbocycles. The van der Waals surface area contributed by atoms with E-state index in [0.717, 1.165) is 23.7 Å². The van der Waals surface area contributed by atoms with E-state index >= 15 is 0 Å². The van der Waals surface area contributed by atoms with Crippen molar-refractivity contribution in [1.29, 1.82) is 0 Å². The van der Waals surface area contributed by atoms with Crippen LogP contribution >= 0.6 is 0 Å². The van der Waals surface area contributed by atoms with Crippen LogP contribution in [0.2, 0.25) is 0 Å². The third-order valence-electron chi connectivity index (χ3n) is 15.7. The Morgan fingerprint density at radius 2 is 0.950 bits per heavy atom. The monoisotopic (exact) mass is 768 g/mol. The van der Waals surface area contributed by atoms with E-state index in [0.29, 0.717) is 0 Å². The standard InChI is InChI=1S/C58H44N2/c1-2-13-38(14-3-1)39-15-10-16-42(34-39)59-54-25-9-6-19-50(54)56-47(20-12-26-55(56)59)49-22-11-21-48-46-18-5-8-24-53(46)60(57(48)49)43-27-28-45-44-17-4-7-23-51(44)58(52(45)35-43)40-30-36-29-37(32-40)33-41(58)31-36/h1-28,34-37,40-41H,29-33H2. The molecule has 1 spiro atoms. The molecule has 0 saturated heterocycles. The Hall–Kier alpha value is -6.64. The summed E-state index contributed by atoms with van der Waals surface area (Å²) in [6.45, 7) is 0. The van der Waals surface area contributed by atoms with Gasteiger partial charge in [-0.05, 0) is 137 Å². The Kier molecular flexibility index (Phi) is 6.76. The zero-order valence-corrected chi connectivity index (χ0v) is 33.6. The smallest absolute Gasteiger partial charge is 0.0619 e. The van der Waals surface area contributed by atoms with Crippen molar-refractivity contribution >= 4 is 43.6 Å². The Morgan fingerprint density at radius 1 is 0.367 bits per heavy atom. The number of nitrogens with zero attached hydrogens (tertiary/aromatic N) is 2. The highest BCUT2D eigenvalue weighted by Gasteiger charge is 2.61. The summed E-state index contributed by atoms with van der Waals surface area (Å²) in [4.78, 5) is 0. The number of hydrogen-bond donors (Lipinski definition) is 0. The first-order valence-corrected chi connectivity index (χ1v) is 22.2. The van der Waals surface area contributed by atoms with Crippen LogP contribution in [-0.4, -0.2) is 9.13 Å². The van der Waals surface area contributed by atoms with E-state index in [4.69, 9.17) is 0 Å². The summed E-state index contributed by atoms with van der Waals surface area (Å²) in [6.07, 6.45) is 7.02. The first kappa shape index (κ1) is 33.2. The van der Waals surface area contributed by atoms with Gasteiger partial charge in [-0.1, -0.05) is 140 Å². The highest BCUT2D eigenvalue weighted by molar-refractivity contribution is 6.20. The van der Waals surface area contributed by atoms with Gasteiger partial charge in [-0.2, -0.15) is 0 Å². The molecule has 4 bridgehead atoms. The average Bonchev–Trinajstić information content (AvgIpc) is 3.93. The molecule has 0 radical (unpaired) electrons. The maximum atomic E-state index is 2.66. The molecule has 2 aromatic heterocycles. The summed E-state index contributed by atoms with van der Waals surface area (Å²) in [7, 11) is 0. The van der Waals surface area contributed by atoms with Crippen molar-refractivity contribution in [3.8, 4) is 44.8 Å². The SMILES string of the molecule is c1ccc(-c2cccc(-n3c4ccccc4c4c(-c5cccc6c7ccccc7n(-c7ccc8c(c7)C7(c9ccccc9-8)C8CC9CC(C8)CC7C9)c56)cccc43)c2)cc1. The quantitative estimate of drug-likeness (QED) is 0.169. The Labute approximate surface area is 350 Å². The molecular weight excluding hydrogens is 725 g/mol. The fourth-order valence-corrected chi connectivity index (χ4v) is 13.8. The van der Waals surface area contributed by atoms with Crippen LogP contribution in [0.4, 0.5) is 0 Å². The lowest BCUT2D eigenvalue weighted by atomic mass is 9.43. The molecule has 2 heteroatoms. The third kappa shape index (κ3) is 4.33. The lowest BCUT2D eigenvalue weighted by Crippen LogP contribution is -2.55. The van der Waals surface area contributed by atoms with Gasteiger partial charge in [0.2, 0.25) is 0 Å². The van der Waals surface area contributed by atoms with E-state index < -0.39 is 0 Å². The van der Waals surface area contributed by atoms with Crippen LogP contribution in [0.15, 0.2) is 182 Å². The lowest BCUT2D eigenvalue weighted by Gasteiger charge is -2.61. The van der Waals surface area contributed by atoms with Gasteiger partial charge in [0.05, 0.1) is 22.1 Å².